The van der Waals surface area contributed by atoms with E-state index >= 15 is 0 Å². The lowest BCUT2D eigenvalue weighted by atomic mass is 10.2. The number of pyridine rings is 1. The van der Waals surface area contributed by atoms with Crippen molar-refractivity contribution in [2.75, 3.05) is 18.1 Å². The van der Waals surface area contributed by atoms with Gasteiger partial charge in [-0.05, 0) is 50.5 Å². The van der Waals surface area contributed by atoms with E-state index in [1.165, 1.54) is 0 Å². The Labute approximate surface area is 182 Å². The molecule has 0 bridgehead atoms. The maximum Gasteiger partial charge on any atom is 0.151 e. The molecule has 156 valence electrons. The summed E-state index contributed by atoms with van der Waals surface area (Å²) < 4.78 is 20.3. The molecule has 0 saturated heterocycles. The molecule has 0 saturated carbocycles. The van der Waals surface area contributed by atoms with E-state index in [1.54, 1.807) is 24.4 Å². The number of aromatic nitrogens is 3. The van der Waals surface area contributed by atoms with Crippen LogP contribution >= 0.6 is 23.2 Å². The Balaban J connectivity index is 1.71. The first-order valence-electron chi connectivity index (χ1n) is 9.43. The van der Waals surface area contributed by atoms with Crippen molar-refractivity contribution in [3.63, 3.8) is 0 Å². The van der Waals surface area contributed by atoms with Crippen molar-refractivity contribution in [3.05, 3.63) is 45.8 Å². The highest BCUT2D eigenvalue weighted by Gasteiger charge is 2.16. The fraction of sp³-hybridized carbons (Fsp3) is 0.400. The van der Waals surface area contributed by atoms with Crippen LogP contribution in [0.25, 0.3) is 11.0 Å². The van der Waals surface area contributed by atoms with Crippen LogP contribution in [-0.4, -0.2) is 31.1 Å². The number of ether oxygens (including phenoxy) is 1. The second kappa shape index (κ2) is 9.89. The SMILES string of the molecule is CCOCc1nc2c(N)ncc(C)c2n1CCCCS(=O)c1ccc(Cl)cc1Cl. The Morgan fingerprint density at radius 3 is 2.79 bits per heavy atom. The summed E-state index contributed by atoms with van der Waals surface area (Å²) >= 11 is 12.1. The minimum Gasteiger partial charge on any atom is -0.382 e. The van der Waals surface area contributed by atoms with Gasteiger partial charge in [0.2, 0.25) is 0 Å². The fourth-order valence-electron chi connectivity index (χ4n) is 3.18. The van der Waals surface area contributed by atoms with Crippen molar-refractivity contribution in [1.82, 2.24) is 14.5 Å². The van der Waals surface area contributed by atoms with Crippen molar-refractivity contribution >= 4 is 50.9 Å². The average Bonchev–Trinajstić information content (AvgIpc) is 3.06. The van der Waals surface area contributed by atoms with E-state index in [2.05, 4.69) is 14.5 Å². The van der Waals surface area contributed by atoms with Crippen LogP contribution in [0.5, 0.6) is 0 Å². The van der Waals surface area contributed by atoms with Crippen molar-refractivity contribution in [2.45, 2.75) is 44.7 Å². The lowest BCUT2D eigenvalue weighted by Gasteiger charge is -2.11. The topological polar surface area (TPSA) is 83.0 Å². The van der Waals surface area contributed by atoms with E-state index in [0.717, 1.165) is 36.3 Å². The van der Waals surface area contributed by atoms with Crippen molar-refractivity contribution in [2.24, 2.45) is 0 Å². The summed E-state index contributed by atoms with van der Waals surface area (Å²) in [7, 11) is -1.17. The zero-order valence-electron chi connectivity index (χ0n) is 16.5. The first-order valence-corrected chi connectivity index (χ1v) is 11.5. The zero-order valence-corrected chi connectivity index (χ0v) is 18.8. The van der Waals surface area contributed by atoms with Gasteiger partial charge in [0.1, 0.15) is 17.9 Å². The molecule has 29 heavy (non-hydrogen) atoms. The smallest absolute Gasteiger partial charge is 0.151 e. The quantitative estimate of drug-likeness (QED) is 0.471. The van der Waals surface area contributed by atoms with E-state index in [4.69, 9.17) is 33.7 Å². The lowest BCUT2D eigenvalue weighted by Crippen LogP contribution is -2.08. The van der Waals surface area contributed by atoms with Gasteiger partial charge in [-0.25, -0.2) is 9.97 Å². The number of aryl methyl sites for hydroxylation is 2. The van der Waals surface area contributed by atoms with Crippen LogP contribution in [0.2, 0.25) is 10.0 Å². The summed E-state index contributed by atoms with van der Waals surface area (Å²) in [5.74, 6) is 1.77. The maximum absolute atomic E-state index is 12.6. The van der Waals surface area contributed by atoms with Gasteiger partial charge in [0.05, 0.1) is 26.2 Å². The molecule has 3 aromatic rings. The van der Waals surface area contributed by atoms with Crippen LogP contribution in [-0.2, 0) is 28.7 Å². The highest BCUT2D eigenvalue weighted by atomic mass is 35.5. The van der Waals surface area contributed by atoms with Gasteiger partial charge in [-0.2, -0.15) is 0 Å². The highest BCUT2D eigenvalue weighted by molar-refractivity contribution is 7.85. The lowest BCUT2D eigenvalue weighted by molar-refractivity contribution is 0.126. The molecule has 1 aromatic carbocycles. The summed E-state index contributed by atoms with van der Waals surface area (Å²) in [6, 6.07) is 5.05. The number of unbranched alkanes of at least 4 members (excludes halogenated alkanes) is 1. The Morgan fingerprint density at radius 2 is 2.07 bits per heavy atom. The molecule has 0 aliphatic rings. The van der Waals surface area contributed by atoms with Crippen LogP contribution in [0.1, 0.15) is 31.2 Å². The van der Waals surface area contributed by atoms with Crippen LogP contribution in [0.3, 0.4) is 0 Å². The van der Waals surface area contributed by atoms with Gasteiger partial charge in [0, 0.05) is 30.1 Å². The molecule has 2 N–H and O–H groups in total. The number of imidazole rings is 1. The van der Waals surface area contributed by atoms with Crippen LogP contribution in [0, 0.1) is 6.92 Å². The van der Waals surface area contributed by atoms with E-state index in [-0.39, 0.29) is 0 Å². The number of hydrogen-bond acceptors (Lipinski definition) is 5. The molecule has 3 rings (SSSR count). The monoisotopic (exact) mass is 454 g/mol. The van der Waals surface area contributed by atoms with Crippen LogP contribution < -0.4 is 5.73 Å². The number of fused-ring (bicyclic) bond motifs is 1. The van der Waals surface area contributed by atoms with Gasteiger partial charge < -0.3 is 15.0 Å². The molecule has 6 nitrogen and oxygen atoms in total. The third-order valence-electron chi connectivity index (χ3n) is 4.60. The molecule has 1 unspecified atom stereocenters. The van der Waals surface area contributed by atoms with Gasteiger partial charge in [0.15, 0.2) is 5.82 Å². The van der Waals surface area contributed by atoms with Crippen molar-refractivity contribution < 1.29 is 8.95 Å². The molecule has 0 aliphatic carbocycles. The van der Waals surface area contributed by atoms with Gasteiger partial charge in [0.25, 0.3) is 0 Å². The Morgan fingerprint density at radius 1 is 1.28 bits per heavy atom. The minimum atomic E-state index is -1.17. The summed E-state index contributed by atoms with van der Waals surface area (Å²) in [5, 5.41) is 0.975. The zero-order chi connectivity index (χ0) is 21.0. The molecule has 9 heteroatoms. The summed E-state index contributed by atoms with van der Waals surface area (Å²) in [5.41, 5.74) is 8.73. The van der Waals surface area contributed by atoms with Gasteiger partial charge in [-0.3, -0.25) is 4.21 Å². The standard InChI is InChI=1S/C20H24Cl2N4O2S/c1-3-28-12-17-25-18-19(13(2)11-24-20(18)23)26(17)8-4-5-9-29(27)16-7-6-14(21)10-15(16)22/h6-7,10-11H,3-5,8-9,12H2,1-2H3,(H2,23,24). The number of halogens is 2. The average molecular weight is 455 g/mol. The molecule has 0 radical (unpaired) electrons. The Bertz CT molecular complexity index is 1040. The Hall–Kier alpha value is -1.67. The van der Waals surface area contributed by atoms with Crippen molar-refractivity contribution in [1.29, 1.82) is 0 Å². The predicted octanol–water partition coefficient (Wildman–Crippen LogP) is 4.75. The molecule has 0 amide bonds. The second-order valence-electron chi connectivity index (χ2n) is 6.67. The van der Waals surface area contributed by atoms with E-state index in [9.17, 15) is 4.21 Å². The van der Waals surface area contributed by atoms with Gasteiger partial charge in [-0.15, -0.1) is 0 Å². The third kappa shape index (κ3) is 5.09. The highest BCUT2D eigenvalue weighted by Crippen LogP contribution is 2.26. The molecule has 0 spiro atoms. The molecule has 2 heterocycles. The van der Waals surface area contributed by atoms with Gasteiger partial charge >= 0.3 is 0 Å². The fourth-order valence-corrected chi connectivity index (χ4v) is 5.03. The number of benzene rings is 1. The van der Waals surface area contributed by atoms with E-state index in [1.807, 2.05) is 13.8 Å². The number of anilines is 1. The van der Waals surface area contributed by atoms with E-state index < -0.39 is 10.8 Å². The number of nitrogens with two attached hydrogens (primary N) is 1. The summed E-state index contributed by atoms with van der Waals surface area (Å²) in [4.78, 5) is 9.48. The largest absolute Gasteiger partial charge is 0.382 e. The number of rotatable bonds is 9. The number of hydrogen-bond donors (Lipinski definition) is 1. The summed E-state index contributed by atoms with van der Waals surface area (Å²) in [6.45, 7) is 5.70. The second-order valence-corrected chi connectivity index (χ2v) is 9.05. The first-order chi connectivity index (χ1) is 13.9. The Kier molecular flexibility index (Phi) is 7.51. The molecular formula is C20H24Cl2N4O2S. The summed E-state index contributed by atoms with van der Waals surface area (Å²) in [6.07, 6.45) is 3.38. The van der Waals surface area contributed by atoms with Crippen molar-refractivity contribution in [3.8, 4) is 0 Å². The molecule has 1 atom stereocenters. The molecule has 0 aliphatic heterocycles. The molecular weight excluding hydrogens is 431 g/mol. The third-order valence-corrected chi connectivity index (χ3v) is 6.76. The maximum atomic E-state index is 12.6. The number of nitrogen functional groups attached to an aromatic ring is 1. The first kappa shape index (κ1) is 22.0. The minimum absolute atomic E-state index is 0.413. The normalized spacial score (nSPS) is 12.6. The predicted molar refractivity (Wildman–Crippen MR) is 119 cm³/mol. The molecule has 2 aromatic heterocycles. The van der Waals surface area contributed by atoms with Crippen LogP contribution in [0.4, 0.5) is 5.82 Å². The van der Waals surface area contributed by atoms with Gasteiger partial charge in [-0.1, -0.05) is 23.2 Å². The number of nitrogens with zero attached hydrogens (tertiary/aromatic N) is 3. The molecule has 0 fully saturated rings. The van der Waals surface area contributed by atoms with Crippen LogP contribution in [0.15, 0.2) is 29.3 Å². The van der Waals surface area contributed by atoms with E-state index in [0.29, 0.717) is 45.2 Å².